The number of amides is 1. The topological polar surface area (TPSA) is 42.0 Å². The number of nitrogens with one attached hydrogen (secondary N) is 1. The molecule has 3 nitrogen and oxygen atoms in total. The van der Waals surface area contributed by atoms with Gasteiger partial charge in [0.15, 0.2) is 0 Å². The molecule has 0 bridgehead atoms. The predicted octanol–water partition coefficient (Wildman–Crippen LogP) is 5.09. The number of thiophene rings is 1. The Bertz CT molecular complexity index is 781. The third-order valence-electron chi connectivity index (χ3n) is 2.84. The van der Waals surface area contributed by atoms with Gasteiger partial charge in [0.2, 0.25) is 0 Å². The van der Waals surface area contributed by atoms with Gasteiger partial charge in [0.25, 0.3) is 5.91 Å². The van der Waals surface area contributed by atoms with E-state index in [9.17, 15) is 4.79 Å². The third kappa shape index (κ3) is 3.15. The Morgan fingerprint density at radius 1 is 1.29 bits per heavy atom. The van der Waals surface area contributed by atoms with E-state index in [1.807, 2.05) is 36.6 Å². The maximum Gasteiger partial charge on any atom is 0.275 e. The van der Waals surface area contributed by atoms with Gasteiger partial charge in [-0.2, -0.15) is 0 Å². The summed E-state index contributed by atoms with van der Waals surface area (Å²) in [6.45, 7) is 1.95. The molecule has 0 aliphatic carbocycles. The van der Waals surface area contributed by atoms with Gasteiger partial charge in [-0.05, 0) is 36.1 Å². The summed E-state index contributed by atoms with van der Waals surface area (Å²) in [5.41, 5.74) is 2.05. The maximum atomic E-state index is 12.2. The van der Waals surface area contributed by atoms with Gasteiger partial charge >= 0.3 is 0 Å². The van der Waals surface area contributed by atoms with E-state index in [2.05, 4.69) is 10.3 Å². The molecule has 0 aliphatic rings. The normalized spacial score (nSPS) is 10.6. The van der Waals surface area contributed by atoms with Crippen LogP contribution in [0.25, 0.3) is 9.88 Å². The fourth-order valence-electron chi connectivity index (χ4n) is 1.80. The summed E-state index contributed by atoms with van der Waals surface area (Å²) in [5, 5.41) is 7.91. The molecule has 0 radical (unpaired) electrons. The van der Waals surface area contributed by atoms with Gasteiger partial charge in [0.05, 0.1) is 15.6 Å². The fraction of sp³-hybridized carbons (Fsp3) is 0.0667. The Hall–Kier alpha value is -1.69. The van der Waals surface area contributed by atoms with Gasteiger partial charge in [-0.15, -0.1) is 22.7 Å². The van der Waals surface area contributed by atoms with Crippen molar-refractivity contribution in [2.24, 2.45) is 0 Å². The van der Waals surface area contributed by atoms with E-state index >= 15 is 0 Å². The lowest BCUT2D eigenvalue weighted by Gasteiger charge is -2.06. The van der Waals surface area contributed by atoms with Crippen molar-refractivity contribution < 1.29 is 4.79 Å². The summed E-state index contributed by atoms with van der Waals surface area (Å²) < 4.78 is 0. The molecule has 1 N–H and O–H groups in total. The monoisotopic (exact) mass is 334 g/mol. The molecule has 1 aromatic carbocycles. The summed E-state index contributed by atoms with van der Waals surface area (Å²) in [5.74, 6) is -0.250. The first-order chi connectivity index (χ1) is 10.1. The largest absolute Gasteiger partial charge is 0.319 e. The second-order valence-electron chi connectivity index (χ2n) is 4.45. The maximum absolute atomic E-state index is 12.2. The van der Waals surface area contributed by atoms with Crippen molar-refractivity contribution in [3.05, 3.63) is 57.4 Å². The molecule has 0 saturated heterocycles. The van der Waals surface area contributed by atoms with E-state index in [1.165, 1.54) is 11.3 Å². The number of anilines is 1. The smallest absolute Gasteiger partial charge is 0.275 e. The molecule has 106 valence electrons. The highest BCUT2D eigenvalue weighted by molar-refractivity contribution is 7.20. The van der Waals surface area contributed by atoms with Crippen molar-refractivity contribution in [3.8, 4) is 9.88 Å². The number of hydrogen-bond acceptors (Lipinski definition) is 4. The minimum Gasteiger partial charge on any atom is -0.319 e. The molecule has 1 amide bonds. The number of aromatic nitrogens is 1. The molecular formula is C15H11ClN2OS2. The number of rotatable bonds is 3. The van der Waals surface area contributed by atoms with Crippen LogP contribution >= 0.6 is 34.3 Å². The van der Waals surface area contributed by atoms with Crippen LogP contribution in [0.2, 0.25) is 5.02 Å². The molecule has 0 fully saturated rings. The number of benzene rings is 1. The van der Waals surface area contributed by atoms with Crippen molar-refractivity contribution in [3.63, 3.8) is 0 Å². The Balaban J connectivity index is 1.79. The lowest BCUT2D eigenvalue weighted by atomic mass is 10.2. The van der Waals surface area contributed by atoms with Crippen molar-refractivity contribution in [1.82, 2.24) is 4.98 Å². The number of nitrogens with zero attached hydrogens (tertiary/aromatic N) is 1. The van der Waals surface area contributed by atoms with E-state index in [1.54, 1.807) is 22.8 Å². The summed E-state index contributed by atoms with van der Waals surface area (Å²) in [6, 6.07) is 9.46. The number of hydrogen-bond donors (Lipinski definition) is 1. The highest BCUT2D eigenvalue weighted by atomic mass is 35.5. The van der Waals surface area contributed by atoms with Crippen molar-refractivity contribution in [1.29, 1.82) is 0 Å². The highest BCUT2D eigenvalue weighted by Gasteiger charge is 2.13. The second kappa shape index (κ2) is 5.97. The van der Waals surface area contributed by atoms with Crippen molar-refractivity contribution in [2.75, 3.05) is 5.32 Å². The van der Waals surface area contributed by atoms with Crippen LogP contribution in [0.4, 0.5) is 5.69 Å². The molecule has 6 heteroatoms. The molecule has 2 aromatic heterocycles. The Morgan fingerprint density at radius 3 is 2.86 bits per heavy atom. The van der Waals surface area contributed by atoms with Crippen molar-refractivity contribution >= 4 is 45.9 Å². The van der Waals surface area contributed by atoms with Gasteiger partial charge in [0.1, 0.15) is 10.7 Å². The van der Waals surface area contributed by atoms with Gasteiger partial charge < -0.3 is 5.32 Å². The first-order valence-electron chi connectivity index (χ1n) is 6.20. The van der Waals surface area contributed by atoms with Gasteiger partial charge in [-0.25, -0.2) is 4.98 Å². The average molecular weight is 335 g/mol. The van der Waals surface area contributed by atoms with E-state index in [4.69, 9.17) is 11.6 Å². The number of carbonyl (C=O) groups is 1. The number of carbonyl (C=O) groups excluding carboxylic acids is 1. The van der Waals surface area contributed by atoms with E-state index < -0.39 is 0 Å². The summed E-state index contributed by atoms with van der Waals surface area (Å²) in [6.07, 6.45) is 0. The predicted molar refractivity (Wildman–Crippen MR) is 89.6 cm³/mol. The third-order valence-corrected chi connectivity index (χ3v) is 5.04. The van der Waals surface area contributed by atoms with Crippen molar-refractivity contribution in [2.45, 2.75) is 6.92 Å². The first kappa shape index (κ1) is 14.3. The lowest BCUT2D eigenvalue weighted by Crippen LogP contribution is -2.12. The molecule has 21 heavy (non-hydrogen) atoms. The molecular weight excluding hydrogens is 324 g/mol. The molecule has 2 heterocycles. The van der Waals surface area contributed by atoms with Crippen LogP contribution in [0.15, 0.2) is 41.1 Å². The van der Waals surface area contributed by atoms with Gasteiger partial charge in [0, 0.05) is 5.38 Å². The number of thiazole rings is 1. The van der Waals surface area contributed by atoms with Crippen LogP contribution in [0, 0.1) is 6.92 Å². The SMILES string of the molecule is Cc1ccc(NC(=O)c2csc(-c3cccs3)n2)c(Cl)c1. The lowest BCUT2D eigenvalue weighted by molar-refractivity contribution is 0.102. The molecule has 0 aliphatic heterocycles. The average Bonchev–Trinajstić information content (AvgIpc) is 3.10. The van der Waals surface area contributed by atoms with Gasteiger partial charge in [-0.3, -0.25) is 4.79 Å². The summed E-state index contributed by atoms with van der Waals surface area (Å²) >= 11 is 9.18. The Labute approximate surface area is 135 Å². The summed E-state index contributed by atoms with van der Waals surface area (Å²) in [4.78, 5) is 17.6. The molecule has 0 saturated carbocycles. The fourth-order valence-corrected chi connectivity index (χ4v) is 3.70. The van der Waals surface area contributed by atoms with E-state index in [-0.39, 0.29) is 5.91 Å². The second-order valence-corrected chi connectivity index (χ2v) is 6.67. The standard InChI is InChI=1S/C15H11ClN2OS2/c1-9-4-5-11(10(16)7-9)17-14(19)12-8-21-15(18-12)13-3-2-6-20-13/h2-8H,1H3,(H,17,19). The molecule has 3 rings (SSSR count). The first-order valence-corrected chi connectivity index (χ1v) is 8.34. The highest BCUT2D eigenvalue weighted by Crippen LogP contribution is 2.28. The van der Waals surface area contributed by atoms with Gasteiger partial charge in [-0.1, -0.05) is 23.7 Å². The zero-order valence-electron chi connectivity index (χ0n) is 11.1. The Kier molecular flexibility index (Phi) is 4.05. The zero-order valence-corrected chi connectivity index (χ0v) is 13.5. The van der Waals surface area contributed by atoms with Crippen LogP contribution < -0.4 is 5.32 Å². The number of aryl methyl sites for hydroxylation is 1. The van der Waals surface area contributed by atoms with Crippen LogP contribution in [0.5, 0.6) is 0 Å². The van der Waals surface area contributed by atoms with E-state index in [0.29, 0.717) is 16.4 Å². The van der Waals surface area contributed by atoms with E-state index in [0.717, 1.165) is 15.4 Å². The Morgan fingerprint density at radius 2 is 2.14 bits per heavy atom. The molecule has 0 atom stereocenters. The molecule has 0 spiro atoms. The van der Waals surface area contributed by atoms with Crippen LogP contribution in [-0.2, 0) is 0 Å². The van der Waals surface area contributed by atoms with Crippen LogP contribution in [0.1, 0.15) is 16.1 Å². The quantitative estimate of drug-likeness (QED) is 0.725. The number of halogens is 1. The summed E-state index contributed by atoms with van der Waals surface area (Å²) in [7, 11) is 0. The zero-order chi connectivity index (χ0) is 14.8. The minimum absolute atomic E-state index is 0.250. The molecule has 3 aromatic rings. The van der Waals surface area contributed by atoms with Crippen LogP contribution in [-0.4, -0.2) is 10.9 Å². The minimum atomic E-state index is -0.250. The van der Waals surface area contributed by atoms with Crippen LogP contribution in [0.3, 0.4) is 0 Å². The molecule has 0 unspecified atom stereocenters.